The van der Waals surface area contributed by atoms with Gasteiger partial charge in [0.1, 0.15) is 28.4 Å². The van der Waals surface area contributed by atoms with Crippen LogP contribution in [0.4, 0.5) is 13.2 Å². The normalized spacial score (nSPS) is 15.3. The SMILES string of the molecule is COc1ccc(Oc2ccc(CNC(=O)C3(NC(=O)CN(C)C)CCOCC3)cc2)c(C(F)(F)F)c1. The zero-order chi connectivity index (χ0) is 26.3. The molecule has 2 N–H and O–H groups in total. The van der Waals surface area contributed by atoms with Gasteiger partial charge in [-0.1, -0.05) is 12.1 Å². The molecule has 0 saturated carbocycles. The Morgan fingerprint density at radius 3 is 2.28 bits per heavy atom. The van der Waals surface area contributed by atoms with Crippen molar-refractivity contribution in [2.45, 2.75) is 31.1 Å². The molecule has 0 aliphatic carbocycles. The second kappa shape index (κ2) is 11.6. The van der Waals surface area contributed by atoms with Crippen LogP contribution in [-0.2, 0) is 27.0 Å². The summed E-state index contributed by atoms with van der Waals surface area (Å²) in [5.74, 6) is -0.639. The van der Waals surface area contributed by atoms with E-state index in [9.17, 15) is 22.8 Å². The molecular weight excluding hydrogens is 479 g/mol. The molecule has 2 aromatic rings. The topological polar surface area (TPSA) is 89.1 Å². The molecule has 8 nitrogen and oxygen atoms in total. The highest BCUT2D eigenvalue weighted by Crippen LogP contribution is 2.40. The van der Waals surface area contributed by atoms with Gasteiger partial charge < -0.3 is 29.7 Å². The molecule has 0 unspecified atom stereocenters. The Morgan fingerprint density at radius 2 is 1.69 bits per heavy atom. The van der Waals surface area contributed by atoms with Gasteiger partial charge in [-0.15, -0.1) is 0 Å². The minimum Gasteiger partial charge on any atom is -0.497 e. The molecule has 11 heteroatoms. The van der Waals surface area contributed by atoms with Gasteiger partial charge in [0.2, 0.25) is 11.8 Å². The molecule has 1 saturated heterocycles. The van der Waals surface area contributed by atoms with Gasteiger partial charge >= 0.3 is 6.18 Å². The zero-order valence-electron chi connectivity index (χ0n) is 20.4. The van der Waals surface area contributed by atoms with E-state index in [-0.39, 0.29) is 42.2 Å². The van der Waals surface area contributed by atoms with Crippen LogP contribution in [0.15, 0.2) is 42.5 Å². The van der Waals surface area contributed by atoms with Gasteiger partial charge in [-0.3, -0.25) is 9.59 Å². The number of rotatable bonds is 9. The van der Waals surface area contributed by atoms with Crippen molar-refractivity contribution >= 4 is 11.8 Å². The number of halogens is 3. The third kappa shape index (κ3) is 7.11. The number of ether oxygens (including phenoxy) is 3. The number of likely N-dealkylation sites (N-methyl/N-ethyl adjacent to an activating group) is 1. The quantitative estimate of drug-likeness (QED) is 0.539. The summed E-state index contributed by atoms with van der Waals surface area (Å²) in [4.78, 5) is 27.1. The third-order valence-electron chi connectivity index (χ3n) is 5.72. The van der Waals surface area contributed by atoms with Crippen LogP contribution >= 0.6 is 0 Å². The van der Waals surface area contributed by atoms with Crippen LogP contribution in [0.3, 0.4) is 0 Å². The zero-order valence-corrected chi connectivity index (χ0v) is 20.4. The van der Waals surface area contributed by atoms with Crippen molar-refractivity contribution in [3.05, 3.63) is 53.6 Å². The van der Waals surface area contributed by atoms with E-state index in [1.54, 1.807) is 31.1 Å². The lowest BCUT2D eigenvalue weighted by Crippen LogP contribution is -2.62. The minimum absolute atomic E-state index is 0.0703. The Bertz CT molecular complexity index is 1050. The fraction of sp³-hybridized carbons (Fsp3) is 0.440. The van der Waals surface area contributed by atoms with Gasteiger partial charge in [-0.25, -0.2) is 0 Å². The molecule has 0 atom stereocenters. The Hall–Kier alpha value is -3.31. The maximum absolute atomic E-state index is 13.4. The minimum atomic E-state index is -4.61. The molecule has 0 spiro atoms. The third-order valence-corrected chi connectivity index (χ3v) is 5.72. The molecule has 0 bridgehead atoms. The lowest BCUT2D eigenvalue weighted by molar-refractivity contribution is -0.138. The van der Waals surface area contributed by atoms with Crippen molar-refractivity contribution < 1.29 is 37.0 Å². The predicted molar refractivity (Wildman–Crippen MR) is 126 cm³/mol. The number of nitrogens with zero attached hydrogens (tertiary/aromatic N) is 1. The molecule has 2 aromatic carbocycles. The van der Waals surface area contributed by atoms with E-state index in [1.807, 2.05) is 0 Å². The molecular formula is C25H30F3N3O5. The van der Waals surface area contributed by atoms with Crippen LogP contribution in [-0.4, -0.2) is 63.2 Å². The number of hydrogen-bond donors (Lipinski definition) is 2. The number of alkyl halides is 3. The van der Waals surface area contributed by atoms with E-state index in [1.165, 1.54) is 31.4 Å². The van der Waals surface area contributed by atoms with Crippen molar-refractivity contribution in [3.63, 3.8) is 0 Å². The van der Waals surface area contributed by atoms with Crippen LogP contribution in [0.1, 0.15) is 24.0 Å². The van der Waals surface area contributed by atoms with E-state index in [0.717, 1.165) is 6.07 Å². The molecule has 0 radical (unpaired) electrons. The van der Waals surface area contributed by atoms with Crippen molar-refractivity contribution in [1.82, 2.24) is 15.5 Å². The smallest absolute Gasteiger partial charge is 0.420 e. The summed E-state index contributed by atoms with van der Waals surface area (Å²) in [7, 11) is 4.82. The fourth-order valence-electron chi connectivity index (χ4n) is 3.82. The Labute approximate surface area is 207 Å². The van der Waals surface area contributed by atoms with Gasteiger partial charge in [0.25, 0.3) is 0 Å². The van der Waals surface area contributed by atoms with Gasteiger partial charge in [-0.2, -0.15) is 13.2 Å². The summed E-state index contributed by atoms with van der Waals surface area (Å²) in [6, 6.07) is 9.81. The van der Waals surface area contributed by atoms with Crippen LogP contribution < -0.4 is 20.1 Å². The summed E-state index contributed by atoms with van der Waals surface area (Å²) in [5.41, 5.74) is -1.30. The summed E-state index contributed by atoms with van der Waals surface area (Å²) in [5, 5.41) is 5.72. The Balaban J connectivity index is 1.65. The lowest BCUT2D eigenvalue weighted by Gasteiger charge is -2.36. The lowest BCUT2D eigenvalue weighted by atomic mass is 9.88. The molecule has 1 heterocycles. The molecule has 0 aromatic heterocycles. The van der Waals surface area contributed by atoms with Crippen LogP contribution in [0.5, 0.6) is 17.2 Å². The number of methoxy groups -OCH3 is 1. The Kier molecular flexibility index (Phi) is 8.80. The maximum atomic E-state index is 13.4. The number of benzene rings is 2. The van der Waals surface area contributed by atoms with Crippen molar-refractivity contribution in [2.75, 3.05) is 41.0 Å². The number of carbonyl (C=O) groups is 2. The van der Waals surface area contributed by atoms with E-state index >= 15 is 0 Å². The highest BCUT2D eigenvalue weighted by Gasteiger charge is 2.41. The van der Waals surface area contributed by atoms with E-state index in [4.69, 9.17) is 14.2 Å². The fourth-order valence-corrected chi connectivity index (χ4v) is 3.82. The number of carbonyl (C=O) groups excluding carboxylic acids is 2. The van der Waals surface area contributed by atoms with Crippen LogP contribution in [0.25, 0.3) is 0 Å². The summed E-state index contributed by atoms with van der Waals surface area (Å²) in [6.45, 7) is 1.03. The van der Waals surface area contributed by atoms with Crippen molar-refractivity contribution in [1.29, 1.82) is 0 Å². The number of amides is 2. The Morgan fingerprint density at radius 1 is 1.06 bits per heavy atom. The molecule has 1 aliphatic heterocycles. The highest BCUT2D eigenvalue weighted by atomic mass is 19.4. The average molecular weight is 510 g/mol. The first kappa shape index (κ1) is 27.3. The van der Waals surface area contributed by atoms with Crippen molar-refractivity contribution in [2.24, 2.45) is 0 Å². The first-order valence-corrected chi connectivity index (χ1v) is 11.4. The second-order valence-electron chi connectivity index (χ2n) is 8.77. The molecule has 1 aliphatic rings. The first-order chi connectivity index (χ1) is 17.0. The average Bonchev–Trinajstić information content (AvgIpc) is 2.83. The van der Waals surface area contributed by atoms with Gasteiger partial charge in [0.05, 0.1) is 13.7 Å². The predicted octanol–water partition coefficient (Wildman–Crippen LogP) is 3.35. The number of hydrogen-bond acceptors (Lipinski definition) is 6. The standard InChI is InChI=1S/C25H30F3N3O5/c1-31(2)16-22(32)30-24(10-12-35-13-11-24)23(33)29-15-17-4-6-18(7-5-17)36-21-9-8-19(34-3)14-20(21)25(26,27)28/h4-9,14H,10-13,15-16H2,1-3H3,(H,29,33)(H,30,32). The molecule has 36 heavy (non-hydrogen) atoms. The monoisotopic (exact) mass is 509 g/mol. The van der Waals surface area contributed by atoms with E-state index in [0.29, 0.717) is 31.6 Å². The largest absolute Gasteiger partial charge is 0.497 e. The first-order valence-electron chi connectivity index (χ1n) is 11.4. The molecule has 1 fully saturated rings. The van der Waals surface area contributed by atoms with Crippen LogP contribution in [0.2, 0.25) is 0 Å². The van der Waals surface area contributed by atoms with Gasteiger partial charge in [-0.05, 0) is 50.0 Å². The van der Waals surface area contributed by atoms with E-state index < -0.39 is 17.3 Å². The summed E-state index contributed by atoms with van der Waals surface area (Å²) in [6.07, 6.45) is -3.90. The second-order valence-corrected chi connectivity index (χ2v) is 8.77. The molecule has 2 amide bonds. The summed E-state index contributed by atoms with van der Waals surface area (Å²) < 4.78 is 56.0. The van der Waals surface area contributed by atoms with Gasteiger partial charge in [0, 0.05) is 32.6 Å². The molecule has 196 valence electrons. The van der Waals surface area contributed by atoms with Crippen LogP contribution in [0, 0.1) is 0 Å². The highest BCUT2D eigenvalue weighted by molar-refractivity contribution is 5.92. The maximum Gasteiger partial charge on any atom is 0.420 e. The summed E-state index contributed by atoms with van der Waals surface area (Å²) >= 11 is 0. The number of nitrogens with one attached hydrogen (secondary N) is 2. The van der Waals surface area contributed by atoms with Crippen molar-refractivity contribution in [3.8, 4) is 17.2 Å². The molecule has 3 rings (SSSR count). The van der Waals surface area contributed by atoms with Gasteiger partial charge in [0.15, 0.2) is 0 Å². The van der Waals surface area contributed by atoms with E-state index in [2.05, 4.69) is 10.6 Å².